The lowest BCUT2D eigenvalue weighted by atomic mass is 10.00. The van der Waals surface area contributed by atoms with Crippen LogP contribution in [0.25, 0.3) is 11.1 Å². The molecule has 0 bridgehead atoms. The molecule has 1 fully saturated rings. The second-order valence-electron chi connectivity index (χ2n) is 9.07. The number of methoxy groups -OCH3 is 1. The van der Waals surface area contributed by atoms with Crippen LogP contribution in [0, 0.1) is 0 Å². The Morgan fingerprint density at radius 3 is 2.15 bits per heavy atom. The van der Waals surface area contributed by atoms with E-state index in [-0.39, 0.29) is 5.91 Å². The highest BCUT2D eigenvalue weighted by Gasteiger charge is 2.18. The molecule has 0 spiro atoms. The molecule has 1 N–H and O–H groups in total. The summed E-state index contributed by atoms with van der Waals surface area (Å²) in [5.41, 5.74) is 7.62. The average Bonchev–Trinajstić information content (AvgIpc) is 2.84. The molecule has 1 aliphatic heterocycles. The van der Waals surface area contributed by atoms with Gasteiger partial charge in [-0.05, 0) is 55.4 Å². The van der Waals surface area contributed by atoms with Crippen LogP contribution in [-0.4, -0.2) is 50.0 Å². The first-order valence-corrected chi connectivity index (χ1v) is 12.0. The van der Waals surface area contributed by atoms with Gasteiger partial charge >= 0.3 is 0 Å². The molecule has 6 heteroatoms. The molecule has 1 saturated heterocycles. The molecule has 1 amide bonds. The number of hydrogen-bond donors (Lipinski definition) is 1. The third-order valence-corrected chi connectivity index (χ3v) is 6.02. The number of unbranched alkanes of at least 4 members (excludes halogenated alkanes) is 2. The lowest BCUT2D eigenvalue weighted by Gasteiger charge is -2.26. The van der Waals surface area contributed by atoms with Gasteiger partial charge in [-0.1, -0.05) is 55.0 Å². The van der Waals surface area contributed by atoms with Crippen LogP contribution in [-0.2, 0) is 32.1 Å². The Morgan fingerprint density at radius 1 is 0.939 bits per heavy atom. The summed E-state index contributed by atoms with van der Waals surface area (Å²) in [6, 6.07) is 17.7. The van der Waals surface area contributed by atoms with E-state index in [1.165, 1.54) is 22.3 Å². The number of carbonyl (C=O) groups excluding carboxylic acids is 1. The van der Waals surface area contributed by atoms with Crippen LogP contribution in [0.4, 0.5) is 0 Å². The standard InChI is InChI=1S/C27H38N2O4/c1-27(2,31-3)33-28-26(30)8-6-4-5-7-22-9-13-24(14-10-22)25-15-11-23(12-16-25)21-29-17-19-32-20-18-29/h9-16H,4-8,17-21H2,1-3H3,(H,28,30). The van der Waals surface area contributed by atoms with Crippen molar-refractivity contribution in [2.75, 3.05) is 33.4 Å². The molecule has 1 heterocycles. The zero-order valence-electron chi connectivity index (χ0n) is 20.3. The van der Waals surface area contributed by atoms with E-state index in [4.69, 9.17) is 14.3 Å². The Hall–Kier alpha value is -2.25. The molecule has 0 radical (unpaired) electrons. The number of benzene rings is 2. The largest absolute Gasteiger partial charge is 0.379 e. The van der Waals surface area contributed by atoms with Crippen LogP contribution in [0.5, 0.6) is 0 Å². The minimum Gasteiger partial charge on any atom is -0.379 e. The zero-order valence-corrected chi connectivity index (χ0v) is 20.3. The van der Waals surface area contributed by atoms with E-state index in [0.29, 0.717) is 6.42 Å². The van der Waals surface area contributed by atoms with Crippen LogP contribution in [0.3, 0.4) is 0 Å². The van der Waals surface area contributed by atoms with Gasteiger partial charge in [-0.25, -0.2) is 10.3 Å². The van der Waals surface area contributed by atoms with Crippen LogP contribution in [0.2, 0.25) is 0 Å². The van der Waals surface area contributed by atoms with E-state index in [1.54, 1.807) is 21.0 Å². The maximum Gasteiger partial charge on any atom is 0.243 e. The topological polar surface area (TPSA) is 60.0 Å². The molecule has 0 unspecified atom stereocenters. The fourth-order valence-corrected chi connectivity index (χ4v) is 3.75. The Balaban J connectivity index is 1.35. The highest BCUT2D eigenvalue weighted by atomic mass is 16.8. The van der Waals surface area contributed by atoms with Crippen LogP contribution >= 0.6 is 0 Å². The van der Waals surface area contributed by atoms with Crippen molar-refractivity contribution in [1.82, 2.24) is 10.4 Å². The van der Waals surface area contributed by atoms with Crippen LogP contribution < -0.4 is 5.48 Å². The summed E-state index contributed by atoms with van der Waals surface area (Å²) in [5.74, 6) is -0.923. The second-order valence-corrected chi connectivity index (χ2v) is 9.07. The fourth-order valence-electron chi connectivity index (χ4n) is 3.75. The molecule has 6 nitrogen and oxygen atoms in total. The van der Waals surface area contributed by atoms with Crippen molar-refractivity contribution in [2.24, 2.45) is 0 Å². The number of aryl methyl sites for hydroxylation is 1. The Morgan fingerprint density at radius 2 is 1.55 bits per heavy atom. The van der Waals surface area contributed by atoms with Gasteiger partial charge in [0.05, 0.1) is 13.2 Å². The highest BCUT2D eigenvalue weighted by molar-refractivity contribution is 5.74. The van der Waals surface area contributed by atoms with E-state index in [0.717, 1.165) is 58.5 Å². The molecule has 33 heavy (non-hydrogen) atoms. The SMILES string of the molecule is COC(C)(C)ONC(=O)CCCCCc1ccc(-c2ccc(CN3CCOCC3)cc2)cc1. The molecule has 0 atom stereocenters. The number of hydroxylamine groups is 1. The third-order valence-electron chi connectivity index (χ3n) is 6.02. The molecule has 2 aromatic carbocycles. The molecular weight excluding hydrogens is 416 g/mol. The van der Waals surface area contributed by atoms with Crippen molar-refractivity contribution < 1.29 is 19.1 Å². The summed E-state index contributed by atoms with van der Waals surface area (Å²) < 4.78 is 10.5. The summed E-state index contributed by atoms with van der Waals surface area (Å²) in [5, 5.41) is 0. The molecule has 180 valence electrons. The second kappa shape index (κ2) is 12.8. The number of rotatable bonds is 12. The van der Waals surface area contributed by atoms with Gasteiger partial charge in [0.2, 0.25) is 5.91 Å². The van der Waals surface area contributed by atoms with Crippen molar-refractivity contribution in [3.8, 4) is 11.1 Å². The lowest BCUT2D eigenvalue weighted by molar-refractivity contribution is -0.231. The van der Waals surface area contributed by atoms with E-state index in [2.05, 4.69) is 58.9 Å². The molecule has 1 aliphatic rings. The first-order chi connectivity index (χ1) is 15.9. The van der Waals surface area contributed by atoms with E-state index in [9.17, 15) is 4.79 Å². The van der Waals surface area contributed by atoms with Crippen LogP contribution in [0.15, 0.2) is 48.5 Å². The van der Waals surface area contributed by atoms with Crippen molar-refractivity contribution >= 4 is 5.91 Å². The van der Waals surface area contributed by atoms with Crippen molar-refractivity contribution in [3.63, 3.8) is 0 Å². The number of nitrogens with one attached hydrogen (secondary N) is 1. The van der Waals surface area contributed by atoms with Crippen molar-refractivity contribution in [1.29, 1.82) is 0 Å². The number of hydrogen-bond acceptors (Lipinski definition) is 5. The molecule has 2 aromatic rings. The quantitative estimate of drug-likeness (QED) is 0.286. The minimum absolute atomic E-state index is 0.111. The zero-order chi connectivity index (χ0) is 23.5. The number of amides is 1. The smallest absolute Gasteiger partial charge is 0.243 e. The first-order valence-electron chi connectivity index (χ1n) is 12.0. The van der Waals surface area contributed by atoms with Crippen molar-refractivity contribution in [3.05, 3.63) is 59.7 Å². The van der Waals surface area contributed by atoms with Gasteiger partial charge in [0.15, 0.2) is 5.79 Å². The Kier molecular flexibility index (Phi) is 9.88. The normalized spacial score (nSPS) is 14.9. The molecular formula is C27H38N2O4. The van der Waals surface area contributed by atoms with Gasteiger partial charge in [0.1, 0.15) is 0 Å². The third kappa shape index (κ3) is 8.89. The van der Waals surface area contributed by atoms with Gasteiger partial charge in [-0.15, -0.1) is 0 Å². The molecule has 0 aliphatic carbocycles. The summed E-state index contributed by atoms with van der Waals surface area (Å²) in [4.78, 5) is 19.5. The summed E-state index contributed by atoms with van der Waals surface area (Å²) in [6.45, 7) is 8.18. The van der Waals surface area contributed by atoms with Gasteiger partial charge in [-0.3, -0.25) is 9.69 Å². The highest BCUT2D eigenvalue weighted by Crippen LogP contribution is 2.22. The summed E-state index contributed by atoms with van der Waals surface area (Å²) in [7, 11) is 1.54. The number of carbonyl (C=O) groups is 1. The Labute approximate surface area is 198 Å². The number of nitrogens with zero attached hydrogens (tertiary/aromatic N) is 1. The predicted molar refractivity (Wildman–Crippen MR) is 130 cm³/mol. The minimum atomic E-state index is -0.813. The van der Waals surface area contributed by atoms with E-state index in [1.807, 2.05) is 0 Å². The van der Waals surface area contributed by atoms with Gasteiger partial charge in [0.25, 0.3) is 0 Å². The average molecular weight is 455 g/mol. The number of morpholine rings is 1. The first kappa shape index (κ1) is 25.4. The lowest BCUT2D eigenvalue weighted by Crippen LogP contribution is -2.37. The van der Waals surface area contributed by atoms with Gasteiger partial charge in [-0.2, -0.15) is 0 Å². The monoisotopic (exact) mass is 454 g/mol. The fraction of sp³-hybridized carbons (Fsp3) is 0.519. The van der Waals surface area contributed by atoms with Crippen molar-refractivity contribution in [2.45, 2.75) is 58.3 Å². The molecule has 0 saturated carbocycles. The maximum atomic E-state index is 11.8. The maximum absolute atomic E-state index is 11.8. The predicted octanol–water partition coefficient (Wildman–Crippen LogP) is 4.72. The summed E-state index contributed by atoms with van der Waals surface area (Å²) >= 11 is 0. The summed E-state index contributed by atoms with van der Waals surface area (Å²) in [6.07, 6.45) is 4.39. The van der Waals surface area contributed by atoms with E-state index < -0.39 is 5.79 Å². The molecule has 3 rings (SSSR count). The van der Waals surface area contributed by atoms with E-state index >= 15 is 0 Å². The Bertz CT molecular complexity index is 843. The number of ether oxygens (including phenoxy) is 2. The van der Waals surface area contributed by atoms with Crippen LogP contribution in [0.1, 0.15) is 50.7 Å². The van der Waals surface area contributed by atoms with Gasteiger partial charge < -0.3 is 9.47 Å². The molecule has 0 aromatic heterocycles. The van der Waals surface area contributed by atoms with Gasteiger partial charge in [0, 0.05) is 33.2 Å².